The van der Waals surface area contributed by atoms with Gasteiger partial charge in [0.25, 0.3) is 0 Å². The van der Waals surface area contributed by atoms with Crippen molar-refractivity contribution in [3.05, 3.63) is 0 Å². The summed E-state index contributed by atoms with van der Waals surface area (Å²) in [5.41, 5.74) is 0. The summed E-state index contributed by atoms with van der Waals surface area (Å²) < 4.78 is 9.54. The number of alkyl carbamates (subject to hydrolysis) is 1. The van der Waals surface area contributed by atoms with Crippen LogP contribution in [0.1, 0.15) is 32.6 Å². The summed E-state index contributed by atoms with van der Waals surface area (Å²) in [7, 11) is 1.23. The number of hydrogen-bond acceptors (Lipinski definition) is 5. The molecule has 19 heavy (non-hydrogen) atoms. The van der Waals surface area contributed by atoms with Crippen molar-refractivity contribution in [3.8, 4) is 0 Å². The molecule has 0 spiro atoms. The van der Waals surface area contributed by atoms with Crippen LogP contribution in [0.2, 0.25) is 0 Å². The number of carbonyl (C=O) groups is 3. The average molecular weight is 272 g/mol. The first kappa shape index (κ1) is 15.3. The molecule has 1 fully saturated rings. The lowest BCUT2D eigenvalue weighted by Gasteiger charge is -2.16. The van der Waals surface area contributed by atoms with Crippen molar-refractivity contribution < 1.29 is 23.9 Å². The van der Waals surface area contributed by atoms with E-state index in [0.29, 0.717) is 0 Å². The van der Waals surface area contributed by atoms with E-state index in [2.05, 4.69) is 15.4 Å². The normalized spacial score (nSPS) is 16.5. The van der Waals surface area contributed by atoms with Crippen LogP contribution in [0.25, 0.3) is 0 Å². The molecule has 7 nitrogen and oxygen atoms in total. The van der Waals surface area contributed by atoms with Gasteiger partial charge in [0.05, 0.1) is 7.11 Å². The number of amides is 2. The molecule has 0 radical (unpaired) electrons. The van der Waals surface area contributed by atoms with Crippen molar-refractivity contribution in [2.24, 2.45) is 0 Å². The van der Waals surface area contributed by atoms with Gasteiger partial charge in [-0.2, -0.15) is 0 Å². The highest BCUT2D eigenvalue weighted by Crippen LogP contribution is 2.20. The van der Waals surface area contributed by atoms with Gasteiger partial charge in [0.1, 0.15) is 18.7 Å². The van der Waals surface area contributed by atoms with Gasteiger partial charge in [-0.25, -0.2) is 4.79 Å². The molecule has 0 heterocycles. The Labute approximate surface area is 112 Å². The van der Waals surface area contributed by atoms with Crippen molar-refractivity contribution in [1.82, 2.24) is 10.6 Å². The van der Waals surface area contributed by atoms with E-state index in [0.717, 1.165) is 25.7 Å². The van der Waals surface area contributed by atoms with Crippen molar-refractivity contribution >= 4 is 18.0 Å². The Balaban J connectivity index is 2.24. The summed E-state index contributed by atoms with van der Waals surface area (Å²) in [6.45, 7) is 1.29. The van der Waals surface area contributed by atoms with Crippen molar-refractivity contribution in [3.63, 3.8) is 0 Å². The highest BCUT2D eigenvalue weighted by molar-refractivity contribution is 5.87. The molecule has 0 aromatic carbocycles. The second kappa shape index (κ2) is 7.60. The molecule has 0 saturated heterocycles. The van der Waals surface area contributed by atoms with E-state index in [9.17, 15) is 14.4 Å². The van der Waals surface area contributed by atoms with Crippen LogP contribution in [0.3, 0.4) is 0 Å². The van der Waals surface area contributed by atoms with E-state index in [1.54, 1.807) is 0 Å². The van der Waals surface area contributed by atoms with Gasteiger partial charge in [-0.05, 0) is 32.6 Å². The minimum absolute atomic E-state index is 0.0506. The second-order valence-electron chi connectivity index (χ2n) is 4.47. The summed E-state index contributed by atoms with van der Waals surface area (Å²) in [5, 5.41) is 4.77. The quantitative estimate of drug-likeness (QED) is 0.704. The molecule has 1 aliphatic rings. The number of ether oxygens (including phenoxy) is 2. The monoisotopic (exact) mass is 272 g/mol. The number of methoxy groups -OCH3 is 1. The van der Waals surface area contributed by atoms with Crippen LogP contribution in [0.5, 0.6) is 0 Å². The Bertz CT molecular complexity index is 339. The number of hydrogen-bond donors (Lipinski definition) is 2. The van der Waals surface area contributed by atoms with Crippen molar-refractivity contribution in [1.29, 1.82) is 0 Å². The Kier molecular flexibility index (Phi) is 6.11. The minimum atomic E-state index is -0.765. The van der Waals surface area contributed by atoms with Crippen molar-refractivity contribution in [2.45, 2.75) is 44.8 Å². The molecule has 0 aromatic rings. The molecule has 0 aliphatic heterocycles. The lowest BCUT2D eigenvalue weighted by Crippen LogP contribution is -2.46. The standard InChI is InChI=1S/C12H20N2O5/c1-8(11(16)13-7-10(15)18-2)14-12(17)19-9-5-3-4-6-9/h8-9H,3-7H2,1-2H3,(H,13,16)(H,14,17)/t8-/m0/s1. The Morgan fingerprint density at radius 3 is 2.47 bits per heavy atom. The summed E-state index contributed by atoms with van der Waals surface area (Å²) in [6, 6.07) is -0.765. The van der Waals surface area contributed by atoms with E-state index in [-0.39, 0.29) is 12.6 Å². The van der Waals surface area contributed by atoms with Gasteiger partial charge in [0.15, 0.2) is 0 Å². The Hall–Kier alpha value is -1.79. The van der Waals surface area contributed by atoms with Gasteiger partial charge in [0, 0.05) is 0 Å². The van der Waals surface area contributed by atoms with Gasteiger partial charge in [0.2, 0.25) is 5.91 Å². The third kappa shape index (κ3) is 5.58. The Morgan fingerprint density at radius 2 is 1.89 bits per heavy atom. The topological polar surface area (TPSA) is 93.7 Å². The molecule has 1 saturated carbocycles. The number of rotatable bonds is 5. The molecule has 0 unspecified atom stereocenters. The van der Waals surface area contributed by atoms with Crippen LogP contribution in [0.15, 0.2) is 0 Å². The first-order valence-corrected chi connectivity index (χ1v) is 6.34. The largest absolute Gasteiger partial charge is 0.468 e. The van der Waals surface area contributed by atoms with E-state index in [1.165, 1.54) is 14.0 Å². The number of nitrogens with one attached hydrogen (secondary N) is 2. The first-order chi connectivity index (χ1) is 9.02. The summed E-state index contributed by atoms with van der Waals surface area (Å²) in [5.74, 6) is -1.01. The van der Waals surface area contributed by atoms with Crippen molar-refractivity contribution in [2.75, 3.05) is 13.7 Å². The zero-order valence-corrected chi connectivity index (χ0v) is 11.2. The maximum Gasteiger partial charge on any atom is 0.408 e. The fourth-order valence-electron chi connectivity index (χ4n) is 1.82. The summed E-state index contributed by atoms with van der Waals surface area (Å²) >= 11 is 0. The zero-order valence-electron chi connectivity index (χ0n) is 11.2. The first-order valence-electron chi connectivity index (χ1n) is 6.34. The van der Waals surface area contributed by atoms with Gasteiger partial charge >= 0.3 is 12.1 Å². The molecule has 2 amide bonds. The second-order valence-corrected chi connectivity index (χ2v) is 4.47. The molecule has 1 aliphatic carbocycles. The predicted molar refractivity (Wildman–Crippen MR) is 66.4 cm³/mol. The molecule has 7 heteroatoms. The average Bonchev–Trinajstić information content (AvgIpc) is 2.87. The summed E-state index contributed by atoms with van der Waals surface area (Å²) in [6.07, 6.45) is 3.21. The Morgan fingerprint density at radius 1 is 1.26 bits per heavy atom. The third-order valence-electron chi connectivity index (χ3n) is 2.94. The lowest BCUT2D eigenvalue weighted by molar-refractivity contribution is -0.141. The molecule has 1 atom stereocenters. The molecule has 2 N–H and O–H groups in total. The van der Waals surface area contributed by atoms with Gasteiger partial charge < -0.3 is 20.1 Å². The fraction of sp³-hybridized carbons (Fsp3) is 0.750. The molecule has 1 rings (SSSR count). The van der Waals surface area contributed by atoms with Crippen LogP contribution in [0.4, 0.5) is 4.79 Å². The lowest BCUT2D eigenvalue weighted by atomic mass is 10.3. The SMILES string of the molecule is COC(=O)CNC(=O)[C@H](C)NC(=O)OC1CCCC1. The number of carbonyl (C=O) groups excluding carboxylic acids is 3. The third-order valence-corrected chi connectivity index (χ3v) is 2.94. The van der Waals surface area contributed by atoms with E-state index >= 15 is 0 Å². The molecular weight excluding hydrogens is 252 g/mol. The molecule has 0 bridgehead atoms. The maximum absolute atomic E-state index is 11.5. The molecule has 0 aromatic heterocycles. The van der Waals surface area contributed by atoms with E-state index < -0.39 is 24.0 Å². The van der Waals surface area contributed by atoms with Crippen LogP contribution >= 0.6 is 0 Å². The van der Waals surface area contributed by atoms with Crippen LogP contribution in [0, 0.1) is 0 Å². The molecular formula is C12H20N2O5. The predicted octanol–water partition coefficient (Wildman–Crippen LogP) is 0.333. The molecule has 108 valence electrons. The van der Waals surface area contributed by atoms with E-state index in [1.807, 2.05) is 0 Å². The van der Waals surface area contributed by atoms with Gasteiger partial charge in [-0.3, -0.25) is 9.59 Å². The summed E-state index contributed by atoms with van der Waals surface area (Å²) in [4.78, 5) is 33.9. The fourth-order valence-corrected chi connectivity index (χ4v) is 1.82. The zero-order chi connectivity index (χ0) is 14.3. The van der Waals surface area contributed by atoms with Gasteiger partial charge in [-0.15, -0.1) is 0 Å². The van der Waals surface area contributed by atoms with E-state index in [4.69, 9.17) is 4.74 Å². The maximum atomic E-state index is 11.5. The van der Waals surface area contributed by atoms with Crippen LogP contribution < -0.4 is 10.6 Å². The van der Waals surface area contributed by atoms with Crippen LogP contribution in [-0.2, 0) is 19.1 Å². The number of esters is 1. The highest BCUT2D eigenvalue weighted by Gasteiger charge is 2.22. The van der Waals surface area contributed by atoms with Crippen LogP contribution in [-0.4, -0.2) is 43.8 Å². The van der Waals surface area contributed by atoms with Gasteiger partial charge in [-0.1, -0.05) is 0 Å². The smallest absolute Gasteiger partial charge is 0.408 e. The minimum Gasteiger partial charge on any atom is -0.468 e. The highest BCUT2D eigenvalue weighted by atomic mass is 16.6.